The minimum absolute atomic E-state index is 0.0208. The second kappa shape index (κ2) is 0.940. The van der Waals surface area contributed by atoms with Crippen LogP contribution >= 0.6 is 0 Å². The van der Waals surface area contributed by atoms with Crippen LogP contribution in [0, 0.1) is 0 Å². The summed E-state index contributed by atoms with van der Waals surface area (Å²) in [6.07, 6.45) is 1.58. The molecule has 0 unspecified atom stereocenters. The molecule has 3 rings (SSSR count). The second-order valence-corrected chi connectivity index (χ2v) is 1.59. The Morgan fingerprint density at radius 2 is 2.38 bits per heavy atom. The van der Waals surface area contributed by atoms with Gasteiger partial charge >= 0.3 is 0 Å². The third-order valence-corrected chi connectivity index (χ3v) is 1.09. The van der Waals surface area contributed by atoms with E-state index in [-0.39, 0.29) is 5.78 Å². The van der Waals surface area contributed by atoms with Gasteiger partial charge in [-0.25, -0.2) is 9.97 Å². The van der Waals surface area contributed by atoms with Gasteiger partial charge in [-0.3, -0.25) is 4.79 Å². The fourth-order valence-electron chi connectivity index (χ4n) is 0.656. The number of hydrogen-bond acceptors (Lipinski definition) is 3. The molecule has 0 amide bonds. The van der Waals surface area contributed by atoms with Gasteiger partial charge in [-0.05, 0) is 6.07 Å². The molecule has 2 aliphatic heterocycles. The van der Waals surface area contributed by atoms with Crippen LogP contribution in [0.1, 0.15) is 16.3 Å². The molecule has 0 atom stereocenters. The van der Waals surface area contributed by atoms with Gasteiger partial charge in [0.1, 0.15) is 5.69 Å². The maximum absolute atomic E-state index is 10.5. The van der Waals surface area contributed by atoms with Gasteiger partial charge in [0.25, 0.3) is 0 Å². The molecule has 0 saturated carbocycles. The Hall–Kier alpha value is -1.25. The van der Waals surface area contributed by atoms with E-state index in [0.29, 0.717) is 11.5 Å². The van der Waals surface area contributed by atoms with Gasteiger partial charge in [0.05, 0.1) is 0 Å². The summed E-state index contributed by atoms with van der Waals surface area (Å²) in [5.41, 5.74) is 0.537. The molecule has 38 valence electrons. The molecular formula is C5H2N2O. The van der Waals surface area contributed by atoms with Crippen LogP contribution in [0.25, 0.3) is 0 Å². The molecule has 3 nitrogen and oxygen atoms in total. The molecule has 3 heteroatoms. The van der Waals surface area contributed by atoms with E-state index in [1.807, 2.05) is 0 Å². The lowest BCUT2D eigenvalue weighted by atomic mass is 10.2. The minimum Gasteiger partial charge on any atom is -0.283 e. The topological polar surface area (TPSA) is 42.9 Å². The van der Waals surface area contributed by atoms with Crippen molar-refractivity contribution in [2.45, 2.75) is 0 Å². The van der Waals surface area contributed by atoms with Crippen molar-refractivity contribution in [2.24, 2.45) is 0 Å². The average molecular weight is 106 g/mol. The lowest BCUT2D eigenvalue weighted by Gasteiger charge is -2.06. The van der Waals surface area contributed by atoms with Crippen molar-refractivity contribution in [1.82, 2.24) is 9.97 Å². The maximum atomic E-state index is 10.5. The summed E-state index contributed by atoms with van der Waals surface area (Å²) in [5, 5.41) is 0. The van der Waals surface area contributed by atoms with Crippen LogP contribution < -0.4 is 0 Å². The van der Waals surface area contributed by atoms with E-state index in [4.69, 9.17) is 0 Å². The van der Waals surface area contributed by atoms with Crippen molar-refractivity contribution in [3.8, 4) is 0 Å². The van der Waals surface area contributed by atoms with E-state index in [9.17, 15) is 4.79 Å². The first-order valence-corrected chi connectivity index (χ1v) is 2.26. The smallest absolute Gasteiger partial charge is 0.248 e. The van der Waals surface area contributed by atoms with Gasteiger partial charge in [0, 0.05) is 6.20 Å². The largest absolute Gasteiger partial charge is 0.283 e. The predicted molar refractivity (Wildman–Crippen MR) is 25.5 cm³/mol. The zero-order valence-corrected chi connectivity index (χ0v) is 3.96. The lowest BCUT2D eigenvalue weighted by molar-refractivity contribution is 0.0995. The van der Waals surface area contributed by atoms with Crippen LogP contribution in [-0.2, 0) is 0 Å². The molecule has 0 spiro atoms. The van der Waals surface area contributed by atoms with Crippen molar-refractivity contribution in [3.05, 3.63) is 23.8 Å². The van der Waals surface area contributed by atoms with Crippen LogP contribution in [-0.4, -0.2) is 15.8 Å². The molecule has 8 heavy (non-hydrogen) atoms. The lowest BCUT2D eigenvalue weighted by Crippen LogP contribution is -2.19. The van der Waals surface area contributed by atoms with Gasteiger partial charge in [-0.1, -0.05) is 0 Å². The van der Waals surface area contributed by atoms with Gasteiger partial charge < -0.3 is 0 Å². The molecule has 0 aromatic carbocycles. The molecule has 0 saturated heterocycles. The van der Waals surface area contributed by atoms with Gasteiger partial charge in [-0.15, -0.1) is 0 Å². The van der Waals surface area contributed by atoms with Crippen molar-refractivity contribution in [3.63, 3.8) is 0 Å². The number of rotatable bonds is 0. The SMILES string of the molecule is O=C1c2ccnc1n2. The average Bonchev–Trinajstić information content (AvgIpc) is 1.89. The maximum Gasteiger partial charge on any atom is 0.248 e. The highest BCUT2D eigenvalue weighted by Gasteiger charge is 2.22. The Morgan fingerprint density at radius 1 is 1.50 bits per heavy atom. The first kappa shape index (κ1) is 3.72. The summed E-state index contributed by atoms with van der Waals surface area (Å²) >= 11 is 0. The highest BCUT2D eigenvalue weighted by atomic mass is 16.1. The van der Waals surface area contributed by atoms with Crippen LogP contribution in [0.15, 0.2) is 12.3 Å². The van der Waals surface area contributed by atoms with E-state index >= 15 is 0 Å². The van der Waals surface area contributed by atoms with Crippen LogP contribution in [0.5, 0.6) is 0 Å². The van der Waals surface area contributed by atoms with Gasteiger partial charge in [0.15, 0.2) is 0 Å². The van der Waals surface area contributed by atoms with Gasteiger partial charge in [0.2, 0.25) is 11.6 Å². The quantitative estimate of drug-likeness (QED) is 0.475. The van der Waals surface area contributed by atoms with Crippen molar-refractivity contribution in [1.29, 1.82) is 0 Å². The van der Waals surface area contributed by atoms with E-state index < -0.39 is 0 Å². The monoisotopic (exact) mass is 106 g/mol. The summed E-state index contributed by atoms with van der Waals surface area (Å²) in [7, 11) is 0. The minimum atomic E-state index is -0.0208. The summed E-state index contributed by atoms with van der Waals surface area (Å²) in [4.78, 5) is 17.9. The number of ketones is 1. The molecule has 1 aromatic rings. The highest BCUT2D eigenvalue weighted by Crippen LogP contribution is 2.10. The number of fused-ring (bicyclic) bond motifs is 2. The first-order chi connectivity index (χ1) is 3.88. The van der Waals surface area contributed by atoms with Crippen molar-refractivity contribution < 1.29 is 4.79 Å². The summed E-state index contributed by atoms with van der Waals surface area (Å²) < 4.78 is 0. The normalized spacial score (nSPS) is 13.2. The Bertz CT molecular complexity index is 228. The Kier molecular flexibility index (Phi) is 0.436. The zero-order valence-electron chi connectivity index (χ0n) is 3.96. The molecular weight excluding hydrogens is 104 g/mol. The standard InChI is InChI=1S/C5H2N2O/c8-4-3-1-2-6-5(4)7-3/h1-2H. The van der Waals surface area contributed by atoms with Crippen LogP contribution in [0.3, 0.4) is 0 Å². The first-order valence-electron chi connectivity index (χ1n) is 2.26. The molecule has 2 aliphatic rings. The van der Waals surface area contributed by atoms with E-state index in [1.165, 1.54) is 0 Å². The third kappa shape index (κ3) is 0.238. The van der Waals surface area contributed by atoms with Crippen LogP contribution in [0.4, 0.5) is 0 Å². The number of carbonyl (C=O) groups excluding carboxylic acids is 1. The molecule has 0 radical (unpaired) electrons. The fourth-order valence-corrected chi connectivity index (χ4v) is 0.656. The van der Waals surface area contributed by atoms with E-state index in [0.717, 1.165) is 0 Å². The molecule has 2 bridgehead atoms. The van der Waals surface area contributed by atoms with Crippen molar-refractivity contribution >= 4 is 5.78 Å². The number of aromatic nitrogens is 2. The molecule has 0 aliphatic carbocycles. The number of carbonyl (C=O) groups is 1. The predicted octanol–water partition coefficient (Wildman–Crippen LogP) is 0.0210. The third-order valence-electron chi connectivity index (χ3n) is 1.09. The summed E-state index contributed by atoms with van der Waals surface area (Å²) in [6.45, 7) is 0. The Labute approximate surface area is 45.4 Å². The van der Waals surface area contributed by atoms with Crippen LogP contribution in [0.2, 0.25) is 0 Å². The Morgan fingerprint density at radius 3 is 2.62 bits per heavy atom. The molecule has 1 aromatic heterocycles. The summed E-state index contributed by atoms with van der Waals surface area (Å²) in [5.74, 6) is 0.329. The molecule has 3 heterocycles. The highest BCUT2D eigenvalue weighted by molar-refractivity contribution is 6.10. The number of nitrogens with zero attached hydrogens (tertiary/aromatic N) is 2. The molecule has 0 fully saturated rings. The second-order valence-electron chi connectivity index (χ2n) is 1.59. The molecule has 0 N–H and O–H groups in total. The Balaban J connectivity index is 2.81. The van der Waals surface area contributed by atoms with Gasteiger partial charge in [-0.2, -0.15) is 0 Å². The zero-order chi connectivity index (χ0) is 5.56. The van der Waals surface area contributed by atoms with E-state index in [1.54, 1.807) is 12.3 Å². The number of hydrogen-bond donors (Lipinski definition) is 0. The fraction of sp³-hybridized carbons (Fsp3) is 0. The van der Waals surface area contributed by atoms with Crippen molar-refractivity contribution in [2.75, 3.05) is 0 Å². The van der Waals surface area contributed by atoms with E-state index in [2.05, 4.69) is 9.97 Å². The summed E-state index contributed by atoms with van der Waals surface area (Å²) in [6, 6.07) is 1.61.